The largest absolute Gasteiger partial charge is 0.497 e. The second kappa shape index (κ2) is 8.59. The van der Waals surface area contributed by atoms with Crippen LogP contribution in [0.5, 0.6) is 11.5 Å². The molecule has 0 aliphatic heterocycles. The van der Waals surface area contributed by atoms with Gasteiger partial charge in [-0.25, -0.2) is 0 Å². The van der Waals surface area contributed by atoms with Gasteiger partial charge in [-0.15, -0.1) is 0 Å². The van der Waals surface area contributed by atoms with Crippen LogP contribution in [-0.4, -0.2) is 35.7 Å². The number of hydrogen-bond acceptors (Lipinski definition) is 4. The summed E-state index contributed by atoms with van der Waals surface area (Å²) in [6, 6.07) is 5.50. The van der Waals surface area contributed by atoms with E-state index in [1.165, 1.54) is 0 Å². The zero-order valence-electron chi connectivity index (χ0n) is 13.0. The molecule has 124 valence electrons. The molecule has 0 radical (unpaired) electrons. The molecule has 0 bridgehead atoms. The van der Waals surface area contributed by atoms with Crippen LogP contribution in [0.2, 0.25) is 5.02 Å². The average Bonchev–Trinajstić information content (AvgIpc) is 2.97. The number of halogens is 1. The number of thiocarbonyl (C=S) groups is 1. The highest BCUT2D eigenvalue weighted by molar-refractivity contribution is 7.80. The van der Waals surface area contributed by atoms with Crippen molar-refractivity contribution in [3.05, 3.63) is 35.6 Å². The number of hydrogen-bond donors (Lipinski definition) is 2. The third kappa shape index (κ3) is 5.30. The van der Waals surface area contributed by atoms with E-state index < -0.39 is 0 Å². The van der Waals surface area contributed by atoms with E-state index in [9.17, 15) is 0 Å². The van der Waals surface area contributed by atoms with Crippen LogP contribution in [0.4, 0.5) is 5.69 Å². The maximum Gasteiger partial charge on any atom is 0.170 e. The molecule has 0 aliphatic carbocycles. The monoisotopic (exact) mass is 354 g/mol. The average molecular weight is 355 g/mol. The molecule has 1 aromatic carbocycles. The smallest absolute Gasteiger partial charge is 0.170 e. The number of benzene rings is 1. The van der Waals surface area contributed by atoms with Crippen molar-refractivity contribution in [1.82, 2.24) is 15.1 Å². The minimum absolute atomic E-state index is 0.534. The van der Waals surface area contributed by atoms with E-state index in [0.29, 0.717) is 15.9 Å². The summed E-state index contributed by atoms with van der Waals surface area (Å²) < 4.78 is 12.3. The van der Waals surface area contributed by atoms with Gasteiger partial charge in [0.2, 0.25) is 0 Å². The molecule has 0 aliphatic rings. The molecule has 1 heterocycles. The normalized spacial score (nSPS) is 10.2. The maximum absolute atomic E-state index is 5.81. The summed E-state index contributed by atoms with van der Waals surface area (Å²) in [5.41, 5.74) is 0.782. The number of ether oxygens (including phenoxy) is 2. The van der Waals surface area contributed by atoms with Gasteiger partial charge in [-0.05, 0) is 30.8 Å². The predicted molar refractivity (Wildman–Crippen MR) is 95.6 cm³/mol. The van der Waals surface area contributed by atoms with Crippen molar-refractivity contribution < 1.29 is 9.47 Å². The van der Waals surface area contributed by atoms with E-state index in [0.717, 1.165) is 30.9 Å². The van der Waals surface area contributed by atoms with Crippen molar-refractivity contribution in [2.75, 3.05) is 26.1 Å². The highest BCUT2D eigenvalue weighted by atomic mass is 35.5. The van der Waals surface area contributed by atoms with Gasteiger partial charge in [-0.2, -0.15) is 5.10 Å². The van der Waals surface area contributed by atoms with Crippen molar-refractivity contribution in [3.8, 4) is 11.5 Å². The van der Waals surface area contributed by atoms with Crippen LogP contribution in [0.15, 0.2) is 30.6 Å². The Kier molecular flexibility index (Phi) is 6.49. The lowest BCUT2D eigenvalue weighted by atomic mass is 10.2. The summed E-state index contributed by atoms with van der Waals surface area (Å²) in [6.45, 7) is 1.50. The highest BCUT2D eigenvalue weighted by Gasteiger charge is 2.06. The first kappa shape index (κ1) is 17.4. The highest BCUT2D eigenvalue weighted by Crippen LogP contribution is 2.28. The third-order valence-electron chi connectivity index (χ3n) is 3.11. The first-order chi connectivity index (χ1) is 11.1. The van der Waals surface area contributed by atoms with Gasteiger partial charge in [0.1, 0.15) is 11.5 Å². The molecule has 23 heavy (non-hydrogen) atoms. The summed E-state index contributed by atoms with van der Waals surface area (Å²) in [5.74, 6) is 1.39. The Morgan fingerprint density at radius 3 is 2.83 bits per heavy atom. The molecule has 0 fully saturated rings. The topological polar surface area (TPSA) is 60.3 Å². The standard InChI is InChI=1S/C15H19ClN4O2S/c1-21-12-4-5-13(14(8-12)22-2)19-15(23)17-6-3-7-20-10-11(16)9-18-20/h4-5,8-10H,3,6-7H2,1-2H3,(H2,17,19,23). The van der Waals surface area contributed by atoms with Crippen LogP contribution in [0.25, 0.3) is 0 Å². The third-order valence-corrected chi connectivity index (χ3v) is 3.55. The van der Waals surface area contributed by atoms with Gasteiger partial charge in [0.15, 0.2) is 5.11 Å². The molecule has 2 rings (SSSR count). The van der Waals surface area contributed by atoms with E-state index in [1.807, 2.05) is 12.1 Å². The van der Waals surface area contributed by atoms with Crippen molar-refractivity contribution in [3.63, 3.8) is 0 Å². The molecule has 1 aromatic heterocycles. The summed E-state index contributed by atoms with van der Waals surface area (Å²) in [7, 11) is 3.21. The number of aromatic nitrogens is 2. The molecule has 0 atom stereocenters. The van der Waals surface area contributed by atoms with Gasteiger partial charge in [-0.1, -0.05) is 11.6 Å². The number of nitrogens with one attached hydrogen (secondary N) is 2. The zero-order valence-corrected chi connectivity index (χ0v) is 14.6. The van der Waals surface area contributed by atoms with Crippen LogP contribution in [-0.2, 0) is 6.54 Å². The summed E-state index contributed by atoms with van der Waals surface area (Å²) in [5, 5.41) is 11.6. The van der Waals surface area contributed by atoms with Crippen LogP contribution in [0.1, 0.15) is 6.42 Å². The Balaban J connectivity index is 1.78. The molecule has 0 saturated carbocycles. The maximum atomic E-state index is 5.81. The van der Waals surface area contributed by atoms with Crippen LogP contribution >= 0.6 is 23.8 Å². The van der Waals surface area contributed by atoms with Gasteiger partial charge >= 0.3 is 0 Å². The van der Waals surface area contributed by atoms with Crippen LogP contribution in [0, 0.1) is 0 Å². The second-order valence-corrected chi connectivity index (χ2v) is 5.57. The molecule has 8 heteroatoms. The lowest BCUT2D eigenvalue weighted by molar-refractivity contribution is 0.395. The number of nitrogens with zero attached hydrogens (tertiary/aromatic N) is 2. The Hall–Kier alpha value is -1.99. The summed E-state index contributed by atoms with van der Waals surface area (Å²) in [4.78, 5) is 0. The van der Waals surface area contributed by atoms with E-state index in [1.54, 1.807) is 37.4 Å². The lowest BCUT2D eigenvalue weighted by Gasteiger charge is -2.14. The Labute approximate surface area is 145 Å². The molecule has 2 N–H and O–H groups in total. The molecule has 2 aromatic rings. The first-order valence-electron chi connectivity index (χ1n) is 7.07. The molecule has 0 spiro atoms. The summed E-state index contributed by atoms with van der Waals surface area (Å²) >= 11 is 11.1. The Morgan fingerprint density at radius 1 is 1.35 bits per heavy atom. The SMILES string of the molecule is COc1ccc(NC(=S)NCCCn2cc(Cl)cn2)c(OC)c1. The number of rotatable bonds is 7. The van der Waals surface area contributed by atoms with E-state index in [-0.39, 0.29) is 0 Å². The van der Waals surface area contributed by atoms with E-state index in [4.69, 9.17) is 33.3 Å². The van der Waals surface area contributed by atoms with Crippen LogP contribution in [0.3, 0.4) is 0 Å². The zero-order chi connectivity index (χ0) is 16.7. The van der Waals surface area contributed by atoms with Crippen molar-refractivity contribution in [2.24, 2.45) is 0 Å². The van der Waals surface area contributed by atoms with Crippen molar-refractivity contribution in [1.29, 1.82) is 0 Å². The quantitative estimate of drug-likeness (QED) is 0.589. The first-order valence-corrected chi connectivity index (χ1v) is 7.86. The van der Waals surface area contributed by atoms with Gasteiger partial charge in [0, 0.05) is 25.4 Å². The lowest BCUT2D eigenvalue weighted by Crippen LogP contribution is -2.30. The van der Waals surface area contributed by atoms with Crippen molar-refractivity contribution >= 4 is 34.6 Å². The van der Waals surface area contributed by atoms with Crippen molar-refractivity contribution in [2.45, 2.75) is 13.0 Å². The van der Waals surface area contributed by atoms with Gasteiger partial charge in [-0.3, -0.25) is 4.68 Å². The Morgan fingerprint density at radius 2 is 2.17 bits per heavy atom. The number of methoxy groups -OCH3 is 2. The fourth-order valence-corrected chi connectivity index (χ4v) is 2.34. The van der Waals surface area contributed by atoms with Gasteiger partial charge in [0.25, 0.3) is 0 Å². The van der Waals surface area contributed by atoms with E-state index >= 15 is 0 Å². The second-order valence-electron chi connectivity index (χ2n) is 4.72. The predicted octanol–water partition coefficient (Wildman–Crippen LogP) is 2.93. The Bertz CT molecular complexity index is 663. The summed E-state index contributed by atoms with van der Waals surface area (Å²) in [6.07, 6.45) is 4.29. The number of anilines is 1. The van der Waals surface area contributed by atoms with E-state index in [2.05, 4.69) is 15.7 Å². The molecule has 0 saturated heterocycles. The fourth-order valence-electron chi connectivity index (χ4n) is 1.97. The van der Waals surface area contributed by atoms with Gasteiger partial charge < -0.3 is 20.1 Å². The molecular formula is C15H19ClN4O2S. The minimum Gasteiger partial charge on any atom is -0.497 e. The van der Waals surface area contributed by atoms with Gasteiger partial charge in [0.05, 0.1) is 31.1 Å². The minimum atomic E-state index is 0.534. The molecular weight excluding hydrogens is 336 g/mol. The fraction of sp³-hybridized carbons (Fsp3) is 0.333. The molecule has 0 amide bonds. The number of aryl methyl sites for hydroxylation is 1. The molecule has 6 nitrogen and oxygen atoms in total. The van der Waals surface area contributed by atoms with Crippen LogP contribution < -0.4 is 20.1 Å². The molecule has 0 unspecified atom stereocenters.